The fourth-order valence-corrected chi connectivity index (χ4v) is 2.34. The van der Waals surface area contributed by atoms with E-state index >= 15 is 0 Å². The maximum atomic E-state index is 11.6. The summed E-state index contributed by atoms with van der Waals surface area (Å²) in [6.45, 7) is 0.157. The SMILES string of the molecule is CS(=O)(=O)NCCNC(=O)Nc1cc(Br)cc(C(=O)O)c1. The van der Waals surface area contributed by atoms with Crippen LogP contribution in [0.5, 0.6) is 0 Å². The van der Waals surface area contributed by atoms with E-state index in [4.69, 9.17) is 5.11 Å². The van der Waals surface area contributed by atoms with Gasteiger partial charge in [0.1, 0.15) is 0 Å². The van der Waals surface area contributed by atoms with Gasteiger partial charge < -0.3 is 15.7 Å². The number of nitrogens with one attached hydrogen (secondary N) is 3. The van der Waals surface area contributed by atoms with E-state index < -0.39 is 22.0 Å². The summed E-state index contributed by atoms with van der Waals surface area (Å²) >= 11 is 3.15. The first-order chi connectivity index (χ1) is 9.67. The van der Waals surface area contributed by atoms with Gasteiger partial charge in [0, 0.05) is 23.2 Å². The summed E-state index contributed by atoms with van der Waals surface area (Å²) in [7, 11) is -3.29. The minimum atomic E-state index is -3.29. The van der Waals surface area contributed by atoms with Crippen LogP contribution in [0.1, 0.15) is 10.4 Å². The van der Waals surface area contributed by atoms with E-state index in [1.54, 1.807) is 6.07 Å². The van der Waals surface area contributed by atoms with Crippen molar-refractivity contribution in [2.75, 3.05) is 24.7 Å². The monoisotopic (exact) mass is 379 g/mol. The third kappa shape index (κ3) is 7.06. The van der Waals surface area contributed by atoms with E-state index in [0.29, 0.717) is 10.2 Å². The molecule has 116 valence electrons. The number of carboxylic acid groups (broad SMARTS) is 1. The van der Waals surface area contributed by atoms with Gasteiger partial charge in [-0.15, -0.1) is 0 Å². The number of amides is 2. The molecule has 0 unspecified atom stereocenters. The highest BCUT2D eigenvalue weighted by molar-refractivity contribution is 9.10. The predicted octanol–water partition coefficient (Wildman–Crippen LogP) is 0.818. The van der Waals surface area contributed by atoms with Gasteiger partial charge in [0.25, 0.3) is 0 Å². The number of hydrogen-bond donors (Lipinski definition) is 4. The van der Waals surface area contributed by atoms with Crippen LogP contribution in [-0.2, 0) is 10.0 Å². The number of anilines is 1. The lowest BCUT2D eigenvalue weighted by Gasteiger charge is -2.09. The van der Waals surface area contributed by atoms with Gasteiger partial charge in [-0.1, -0.05) is 15.9 Å². The Labute approximate surface area is 130 Å². The summed E-state index contributed by atoms with van der Waals surface area (Å²) in [4.78, 5) is 22.4. The molecule has 8 nitrogen and oxygen atoms in total. The fourth-order valence-electron chi connectivity index (χ4n) is 1.37. The van der Waals surface area contributed by atoms with Crippen LogP contribution >= 0.6 is 15.9 Å². The van der Waals surface area contributed by atoms with Crippen LogP contribution in [0.4, 0.5) is 10.5 Å². The molecule has 10 heteroatoms. The van der Waals surface area contributed by atoms with Gasteiger partial charge in [-0.25, -0.2) is 22.7 Å². The third-order valence-corrected chi connectivity index (χ3v) is 3.36. The molecule has 0 aliphatic carbocycles. The minimum Gasteiger partial charge on any atom is -0.478 e. The van der Waals surface area contributed by atoms with Gasteiger partial charge in [-0.05, 0) is 18.2 Å². The standard InChI is InChI=1S/C11H14BrN3O5S/c1-21(19,20)14-3-2-13-11(18)15-9-5-7(10(16)17)4-8(12)6-9/h4-6,14H,2-3H2,1H3,(H,16,17)(H2,13,15,18). The fraction of sp³-hybridized carbons (Fsp3) is 0.273. The number of benzene rings is 1. The van der Waals surface area contributed by atoms with E-state index in [1.807, 2.05) is 0 Å². The molecule has 0 aliphatic heterocycles. The van der Waals surface area contributed by atoms with Crippen molar-refractivity contribution in [2.24, 2.45) is 0 Å². The van der Waals surface area contributed by atoms with Crippen molar-refractivity contribution in [3.63, 3.8) is 0 Å². The van der Waals surface area contributed by atoms with Gasteiger partial charge in [0.15, 0.2) is 0 Å². The van der Waals surface area contributed by atoms with Gasteiger partial charge in [-0.3, -0.25) is 0 Å². The molecule has 2 amide bonds. The largest absolute Gasteiger partial charge is 0.478 e. The average Bonchev–Trinajstić information content (AvgIpc) is 2.32. The van der Waals surface area contributed by atoms with Crippen LogP contribution in [-0.4, -0.2) is 44.9 Å². The quantitative estimate of drug-likeness (QED) is 0.544. The summed E-state index contributed by atoms with van der Waals surface area (Å²) in [5.74, 6) is -1.11. The maximum absolute atomic E-state index is 11.6. The number of carbonyl (C=O) groups excluding carboxylic acids is 1. The Kier molecular flexibility index (Phi) is 6.12. The highest BCUT2D eigenvalue weighted by atomic mass is 79.9. The third-order valence-electron chi connectivity index (χ3n) is 2.18. The average molecular weight is 380 g/mol. The van der Waals surface area contributed by atoms with E-state index in [2.05, 4.69) is 31.3 Å². The molecular formula is C11H14BrN3O5S. The Morgan fingerprint density at radius 3 is 2.48 bits per heavy atom. The highest BCUT2D eigenvalue weighted by Gasteiger charge is 2.08. The van der Waals surface area contributed by atoms with Crippen molar-refractivity contribution in [3.8, 4) is 0 Å². The highest BCUT2D eigenvalue weighted by Crippen LogP contribution is 2.19. The predicted molar refractivity (Wildman–Crippen MR) is 81.0 cm³/mol. The van der Waals surface area contributed by atoms with Crippen molar-refractivity contribution in [1.82, 2.24) is 10.0 Å². The lowest BCUT2D eigenvalue weighted by atomic mass is 10.2. The molecule has 21 heavy (non-hydrogen) atoms. The molecule has 1 aromatic carbocycles. The molecule has 0 aromatic heterocycles. The number of aromatic carboxylic acids is 1. The number of halogens is 1. The minimum absolute atomic E-state index is 0.0263. The van der Waals surface area contributed by atoms with E-state index in [9.17, 15) is 18.0 Å². The first kappa shape index (κ1) is 17.4. The van der Waals surface area contributed by atoms with Crippen molar-refractivity contribution in [3.05, 3.63) is 28.2 Å². The number of hydrogen-bond acceptors (Lipinski definition) is 4. The number of carbonyl (C=O) groups is 2. The molecule has 0 saturated heterocycles. The van der Waals surface area contributed by atoms with Gasteiger partial charge >= 0.3 is 12.0 Å². The van der Waals surface area contributed by atoms with Crippen molar-refractivity contribution in [2.45, 2.75) is 0 Å². The summed E-state index contributed by atoms with van der Waals surface area (Å²) in [6.07, 6.45) is 1.02. The van der Waals surface area contributed by atoms with Gasteiger partial charge in [0.05, 0.1) is 11.8 Å². The maximum Gasteiger partial charge on any atom is 0.335 e. The Balaban J connectivity index is 2.53. The lowest BCUT2D eigenvalue weighted by molar-refractivity contribution is 0.0696. The Bertz CT molecular complexity index is 647. The normalized spacial score (nSPS) is 11.0. The zero-order valence-electron chi connectivity index (χ0n) is 11.0. The topological polar surface area (TPSA) is 125 Å². The second kappa shape index (κ2) is 7.38. The second-order valence-corrected chi connectivity index (χ2v) is 6.83. The van der Waals surface area contributed by atoms with Crippen LogP contribution in [0.15, 0.2) is 22.7 Å². The zero-order chi connectivity index (χ0) is 16.0. The molecule has 4 N–H and O–H groups in total. The number of carboxylic acids is 1. The van der Waals surface area contributed by atoms with Gasteiger partial charge in [-0.2, -0.15) is 0 Å². The summed E-state index contributed by atoms with van der Waals surface area (Å²) in [5, 5.41) is 13.8. The van der Waals surface area contributed by atoms with Crippen LogP contribution in [0.3, 0.4) is 0 Å². The molecular weight excluding hydrogens is 366 g/mol. The van der Waals surface area contributed by atoms with E-state index in [0.717, 1.165) is 6.26 Å². The van der Waals surface area contributed by atoms with Crippen molar-refractivity contribution in [1.29, 1.82) is 0 Å². The Morgan fingerprint density at radius 1 is 1.24 bits per heavy atom. The Hall–Kier alpha value is -1.65. The van der Waals surface area contributed by atoms with Crippen LogP contribution in [0.25, 0.3) is 0 Å². The number of urea groups is 1. The molecule has 0 radical (unpaired) electrons. The number of rotatable bonds is 6. The molecule has 0 aliphatic rings. The molecule has 1 rings (SSSR count). The molecule has 0 atom stereocenters. The Morgan fingerprint density at radius 2 is 1.90 bits per heavy atom. The smallest absolute Gasteiger partial charge is 0.335 e. The van der Waals surface area contributed by atoms with Crippen LogP contribution < -0.4 is 15.4 Å². The van der Waals surface area contributed by atoms with E-state index in [1.165, 1.54) is 12.1 Å². The van der Waals surface area contributed by atoms with Crippen molar-refractivity contribution >= 4 is 43.6 Å². The summed E-state index contributed by atoms with van der Waals surface area (Å²) in [6, 6.07) is 3.68. The molecule has 0 fully saturated rings. The first-order valence-corrected chi connectivity index (χ1v) is 8.39. The number of sulfonamides is 1. The molecule has 0 saturated carbocycles. The summed E-state index contributed by atoms with van der Waals surface area (Å²) in [5.41, 5.74) is 0.328. The summed E-state index contributed by atoms with van der Waals surface area (Å²) < 4.78 is 24.3. The van der Waals surface area contributed by atoms with Crippen LogP contribution in [0, 0.1) is 0 Å². The molecule has 1 aromatic rings. The van der Waals surface area contributed by atoms with E-state index in [-0.39, 0.29) is 18.7 Å². The second-order valence-electron chi connectivity index (χ2n) is 4.08. The zero-order valence-corrected chi connectivity index (χ0v) is 13.4. The molecule has 0 spiro atoms. The molecule has 0 bridgehead atoms. The van der Waals surface area contributed by atoms with Crippen LogP contribution in [0.2, 0.25) is 0 Å². The van der Waals surface area contributed by atoms with Gasteiger partial charge in [0.2, 0.25) is 10.0 Å². The first-order valence-electron chi connectivity index (χ1n) is 5.71. The lowest BCUT2D eigenvalue weighted by Crippen LogP contribution is -2.36. The molecule has 0 heterocycles. The van der Waals surface area contributed by atoms with Crippen molar-refractivity contribution < 1.29 is 23.1 Å².